The van der Waals surface area contributed by atoms with Gasteiger partial charge in [-0.25, -0.2) is 4.39 Å². The Bertz CT molecular complexity index is 1220. The standard InChI is InChI=1S/C25H21FN2O4/c1-3-32-19-8-4-7-18(13-19)28-22(17-6-5-11-27-14-17)21(24(30)25(28)31)23(29)16-9-10-20(26)15(2)12-16/h4-14,22,29H,3H2,1-2H3/b23-21+. The second kappa shape index (κ2) is 8.63. The number of rotatable bonds is 5. The summed E-state index contributed by atoms with van der Waals surface area (Å²) in [4.78, 5) is 31.7. The Morgan fingerprint density at radius 1 is 1.16 bits per heavy atom. The number of amides is 1. The molecule has 1 aliphatic heterocycles. The van der Waals surface area contributed by atoms with Gasteiger partial charge in [0.15, 0.2) is 0 Å². The minimum absolute atomic E-state index is 0.0872. The molecule has 0 bridgehead atoms. The molecule has 1 saturated heterocycles. The largest absolute Gasteiger partial charge is 0.507 e. The molecule has 1 unspecified atom stereocenters. The smallest absolute Gasteiger partial charge is 0.300 e. The van der Waals surface area contributed by atoms with Crippen molar-refractivity contribution in [3.05, 3.63) is 95.1 Å². The van der Waals surface area contributed by atoms with Gasteiger partial charge in [-0.3, -0.25) is 19.5 Å². The first-order chi connectivity index (χ1) is 15.4. The van der Waals surface area contributed by atoms with Gasteiger partial charge in [0.25, 0.3) is 11.7 Å². The summed E-state index contributed by atoms with van der Waals surface area (Å²) in [6.45, 7) is 3.85. The van der Waals surface area contributed by atoms with E-state index in [4.69, 9.17) is 4.74 Å². The van der Waals surface area contributed by atoms with E-state index in [0.29, 0.717) is 29.2 Å². The van der Waals surface area contributed by atoms with E-state index in [2.05, 4.69) is 4.98 Å². The molecule has 1 N–H and O–H groups in total. The monoisotopic (exact) mass is 432 g/mol. The molecule has 6 nitrogen and oxygen atoms in total. The van der Waals surface area contributed by atoms with E-state index in [1.807, 2.05) is 6.92 Å². The third kappa shape index (κ3) is 3.73. The number of Topliss-reactive ketones (excluding diaryl/α,β-unsaturated/α-hetero) is 1. The van der Waals surface area contributed by atoms with Crippen LogP contribution in [0.15, 0.2) is 72.6 Å². The Balaban J connectivity index is 1.92. The number of aliphatic hydroxyl groups is 1. The molecular formula is C25H21FN2O4. The Morgan fingerprint density at radius 3 is 2.66 bits per heavy atom. The van der Waals surface area contributed by atoms with Gasteiger partial charge in [0.05, 0.1) is 18.2 Å². The van der Waals surface area contributed by atoms with E-state index in [1.54, 1.807) is 55.7 Å². The van der Waals surface area contributed by atoms with Crippen molar-refractivity contribution in [2.45, 2.75) is 19.9 Å². The Kier molecular flexibility index (Phi) is 5.73. The number of anilines is 1. The molecule has 7 heteroatoms. The number of ketones is 1. The average Bonchev–Trinajstić information content (AvgIpc) is 3.07. The predicted octanol–water partition coefficient (Wildman–Crippen LogP) is 4.55. The predicted molar refractivity (Wildman–Crippen MR) is 118 cm³/mol. The number of hydrogen-bond donors (Lipinski definition) is 1. The number of benzene rings is 2. The highest BCUT2D eigenvalue weighted by atomic mass is 19.1. The van der Waals surface area contributed by atoms with Crippen LogP contribution in [0.3, 0.4) is 0 Å². The van der Waals surface area contributed by atoms with Crippen molar-refractivity contribution < 1.29 is 23.8 Å². The minimum atomic E-state index is -0.911. The number of ether oxygens (including phenoxy) is 1. The lowest BCUT2D eigenvalue weighted by Gasteiger charge is -2.25. The summed E-state index contributed by atoms with van der Waals surface area (Å²) in [5.74, 6) is -1.87. The number of carbonyl (C=O) groups is 2. The van der Waals surface area contributed by atoms with Crippen molar-refractivity contribution in [1.82, 2.24) is 4.98 Å². The highest BCUT2D eigenvalue weighted by molar-refractivity contribution is 6.51. The topological polar surface area (TPSA) is 79.7 Å². The van der Waals surface area contributed by atoms with Crippen molar-refractivity contribution in [3.63, 3.8) is 0 Å². The molecule has 1 aliphatic rings. The van der Waals surface area contributed by atoms with E-state index in [9.17, 15) is 19.1 Å². The van der Waals surface area contributed by atoms with Gasteiger partial charge < -0.3 is 9.84 Å². The van der Waals surface area contributed by atoms with Gasteiger partial charge in [-0.05, 0) is 61.4 Å². The summed E-state index contributed by atoms with van der Waals surface area (Å²) in [6, 6.07) is 13.4. The van der Waals surface area contributed by atoms with Crippen LogP contribution in [0.2, 0.25) is 0 Å². The summed E-state index contributed by atoms with van der Waals surface area (Å²) in [5.41, 5.74) is 1.47. The molecule has 0 aliphatic carbocycles. The van der Waals surface area contributed by atoms with Crippen LogP contribution in [0.4, 0.5) is 10.1 Å². The number of pyridine rings is 1. The van der Waals surface area contributed by atoms with Crippen molar-refractivity contribution in [1.29, 1.82) is 0 Å². The van der Waals surface area contributed by atoms with E-state index < -0.39 is 23.5 Å². The summed E-state index contributed by atoms with van der Waals surface area (Å²) in [7, 11) is 0. The third-order valence-corrected chi connectivity index (χ3v) is 5.28. The molecule has 1 atom stereocenters. The normalized spacial score (nSPS) is 17.6. The summed E-state index contributed by atoms with van der Waals surface area (Å²) in [6.07, 6.45) is 3.12. The lowest BCUT2D eigenvalue weighted by molar-refractivity contribution is -0.132. The molecule has 1 aromatic heterocycles. The maximum atomic E-state index is 13.8. The van der Waals surface area contributed by atoms with Crippen molar-refractivity contribution >= 4 is 23.1 Å². The first kappa shape index (κ1) is 21.2. The molecule has 4 rings (SSSR count). The summed E-state index contributed by atoms with van der Waals surface area (Å²) in [5, 5.41) is 11.1. The van der Waals surface area contributed by atoms with Gasteiger partial charge in [-0.15, -0.1) is 0 Å². The number of nitrogens with zero attached hydrogens (tertiary/aromatic N) is 2. The minimum Gasteiger partial charge on any atom is -0.507 e. The Labute approximate surface area is 184 Å². The zero-order valence-electron chi connectivity index (χ0n) is 17.6. The van der Waals surface area contributed by atoms with E-state index >= 15 is 0 Å². The first-order valence-corrected chi connectivity index (χ1v) is 10.1. The Hall–Kier alpha value is -4.00. The lowest BCUT2D eigenvalue weighted by atomic mass is 9.95. The number of carbonyl (C=O) groups excluding carboxylic acids is 2. The van der Waals surface area contributed by atoms with Gasteiger partial charge >= 0.3 is 0 Å². The highest BCUT2D eigenvalue weighted by Crippen LogP contribution is 2.42. The van der Waals surface area contributed by atoms with Gasteiger partial charge in [0.2, 0.25) is 0 Å². The zero-order valence-corrected chi connectivity index (χ0v) is 17.6. The van der Waals surface area contributed by atoms with Crippen molar-refractivity contribution in [2.75, 3.05) is 11.5 Å². The third-order valence-electron chi connectivity index (χ3n) is 5.28. The van der Waals surface area contributed by atoms with Gasteiger partial charge in [-0.2, -0.15) is 0 Å². The maximum absolute atomic E-state index is 13.8. The van der Waals surface area contributed by atoms with Crippen LogP contribution >= 0.6 is 0 Å². The molecular weight excluding hydrogens is 411 g/mol. The van der Waals surface area contributed by atoms with E-state index in [0.717, 1.165) is 0 Å². The second-order valence-corrected chi connectivity index (χ2v) is 7.35. The summed E-state index contributed by atoms with van der Waals surface area (Å²) < 4.78 is 19.3. The average molecular weight is 432 g/mol. The van der Waals surface area contributed by atoms with E-state index in [-0.39, 0.29) is 16.9 Å². The van der Waals surface area contributed by atoms with Crippen LogP contribution in [0, 0.1) is 12.7 Å². The van der Waals surface area contributed by atoms with Gasteiger partial charge in [-0.1, -0.05) is 12.1 Å². The molecule has 0 radical (unpaired) electrons. The van der Waals surface area contributed by atoms with Crippen LogP contribution in [-0.2, 0) is 9.59 Å². The fraction of sp³-hybridized carbons (Fsp3) is 0.160. The van der Waals surface area contributed by atoms with Crippen LogP contribution in [-0.4, -0.2) is 28.4 Å². The highest BCUT2D eigenvalue weighted by Gasteiger charge is 2.47. The molecule has 0 spiro atoms. The van der Waals surface area contributed by atoms with Gasteiger partial charge in [0.1, 0.15) is 17.3 Å². The number of halogens is 1. The molecule has 2 heterocycles. The fourth-order valence-corrected chi connectivity index (χ4v) is 3.79. The quantitative estimate of drug-likeness (QED) is 0.363. The molecule has 1 amide bonds. The zero-order chi connectivity index (χ0) is 22.8. The number of hydrogen-bond acceptors (Lipinski definition) is 5. The van der Waals surface area contributed by atoms with Crippen LogP contribution in [0.1, 0.15) is 29.7 Å². The molecule has 1 fully saturated rings. The van der Waals surface area contributed by atoms with Crippen LogP contribution < -0.4 is 9.64 Å². The van der Waals surface area contributed by atoms with Crippen LogP contribution in [0.25, 0.3) is 5.76 Å². The van der Waals surface area contributed by atoms with E-state index in [1.165, 1.54) is 23.1 Å². The fourth-order valence-electron chi connectivity index (χ4n) is 3.79. The number of aromatic nitrogens is 1. The van der Waals surface area contributed by atoms with Crippen LogP contribution in [0.5, 0.6) is 5.75 Å². The number of aliphatic hydroxyl groups excluding tert-OH is 1. The maximum Gasteiger partial charge on any atom is 0.300 e. The number of aryl methyl sites for hydroxylation is 1. The molecule has 32 heavy (non-hydrogen) atoms. The SMILES string of the molecule is CCOc1cccc(N2C(=O)C(=O)/C(=C(/O)c3ccc(F)c(C)c3)C2c2cccnc2)c1. The van der Waals surface area contributed by atoms with Gasteiger partial charge in [0, 0.05) is 29.7 Å². The molecule has 162 valence electrons. The first-order valence-electron chi connectivity index (χ1n) is 10.1. The molecule has 0 saturated carbocycles. The van der Waals surface area contributed by atoms with Crippen molar-refractivity contribution in [2.24, 2.45) is 0 Å². The lowest BCUT2D eigenvalue weighted by Crippen LogP contribution is -2.29. The summed E-state index contributed by atoms with van der Waals surface area (Å²) >= 11 is 0. The molecule has 3 aromatic rings. The van der Waals surface area contributed by atoms with Crippen molar-refractivity contribution in [3.8, 4) is 5.75 Å². The Morgan fingerprint density at radius 2 is 1.97 bits per heavy atom. The second-order valence-electron chi connectivity index (χ2n) is 7.35. The molecule has 2 aromatic carbocycles.